The molecule has 28 heteroatoms. The van der Waals surface area contributed by atoms with Gasteiger partial charge in [-0.15, -0.1) is 0 Å². The van der Waals surface area contributed by atoms with E-state index in [-0.39, 0.29) is 110 Å². The first-order valence-electron chi connectivity index (χ1n) is 29.9. The number of rotatable bonds is 16. The Balaban J connectivity index is 0.000000150. The molecule has 496 valence electrons. The van der Waals surface area contributed by atoms with Gasteiger partial charge in [-0.2, -0.15) is 0 Å². The van der Waals surface area contributed by atoms with E-state index in [9.17, 15) is 38.4 Å². The number of carbonyl (C=O) groups is 8. The predicted octanol–water partition coefficient (Wildman–Crippen LogP) is 16.9. The first kappa shape index (κ1) is 71.8. The number of nitrogens with one attached hydrogen (secondary N) is 8. The van der Waals surface area contributed by atoms with E-state index in [1.807, 2.05) is 27.7 Å². The highest BCUT2D eigenvalue weighted by Gasteiger charge is 2.41. The van der Waals surface area contributed by atoms with Crippen LogP contribution in [0.4, 0.5) is 46.0 Å². The van der Waals surface area contributed by atoms with Crippen LogP contribution in [0.5, 0.6) is 0 Å². The third-order valence-corrected chi connectivity index (χ3v) is 18.1. The third-order valence-electron chi connectivity index (χ3n) is 15.6. The Kier molecular flexibility index (Phi) is 24.3. The SMILES string of the molecule is C[C@@H]1C[C@@H]1C(=O)Nc1cc(NC(=O)c2c(Cl)cccc2Cl)ccn1.C[C@@H]1C[C@H]1C(=O)Nc1cc(NC(=O)c2c(Cl)cccc2Cl)ccn1.C[C@H]1C[C@@H]1C(=O)Nc1cc(NC(=O)c2c(Cl)cccc2Cl)ccn1.C[C@H]1C[C@H]1C(=O)Nc1cc(NC(=O)c2c(Cl)cccc2Cl)ccn1. The highest BCUT2D eigenvalue weighted by Crippen LogP contribution is 2.41. The van der Waals surface area contributed by atoms with Crippen molar-refractivity contribution in [2.75, 3.05) is 42.5 Å². The van der Waals surface area contributed by atoms with Gasteiger partial charge in [0, 0.05) is 95.5 Å². The van der Waals surface area contributed by atoms with Gasteiger partial charge in [0.1, 0.15) is 23.3 Å². The van der Waals surface area contributed by atoms with Crippen LogP contribution >= 0.6 is 92.8 Å². The Morgan fingerprint density at radius 3 is 0.615 bits per heavy atom. The number of pyridine rings is 4. The summed E-state index contributed by atoms with van der Waals surface area (Å²) in [7, 11) is 0. The van der Waals surface area contributed by atoms with Gasteiger partial charge in [0.2, 0.25) is 23.6 Å². The van der Waals surface area contributed by atoms with E-state index < -0.39 is 23.6 Å². The van der Waals surface area contributed by atoms with Crippen LogP contribution in [-0.2, 0) is 19.2 Å². The summed E-state index contributed by atoms with van der Waals surface area (Å²) in [6, 6.07) is 32.3. The minimum Gasteiger partial charge on any atom is -0.322 e. The summed E-state index contributed by atoms with van der Waals surface area (Å²) >= 11 is 48.3. The van der Waals surface area contributed by atoms with E-state index >= 15 is 0 Å². The Morgan fingerprint density at radius 1 is 0.292 bits per heavy atom. The summed E-state index contributed by atoms with van der Waals surface area (Å²) in [6.07, 6.45) is 9.62. The lowest BCUT2D eigenvalue weighted by Gasteiger charge is -2.10. The van der Waals surface area contributed by atoms with E-state index in [0.29, 0.717) is 69.7 Å². The standard InChI is InChI=1S/4C17H15Cl2N3O2/c4*1-9-7-11(9)16(23)22-14-8-10(5-6-20-14)21-17(24)15-12(18)3-2-4-13(15)19/h4*2-6,8-9,11H,7H2,1H3,(H2,20,21,22,23,24)/t2*9-,11+;2*9-,11-/m1010/s1. The zero-order chi connectivity index (χ0) is 69.1. The van der Waals surface area contributed by atoms with Crippen LogP contribution in [0.2, 0.25) is 40.2 Å². The van der Waals surface area contributed by atoms with Gasteiger partial charge in [-0.3, -0.25) is 38.4 Å². The summed E-state index contributed by atoms with van der Waals surface area (Å²) in [5.41, 5.74) is 2.78. The predicted molar refractivity (Wildman–Crippen MR) is 378 cm³/mol. The molecule has 4 heterocycles. The molecule has 8 N–H and O–H groups in total. The smallest absolute Gasteiger partial charge is 0.258 e. The molecule has 0 saturated heterocycles. The van der Waals surface area contributed by atoms with E-state index in [1.165, 1.54) is 24.8 Å². The van der Waals surface area contributed by atoms with Gasteiger partial charge >= 0.3 is 0 Å². The Labute approximate surface area is 592 Å². The second-order valence-corrected chi connectivity index (χ2v) is 26.4. The van der Waals surface area contributed by atoms with Gasteiger partial charge in [-0.05, 0) is 122 Å². The maximum atomic E-state index is 12.4. The van der Waals surface area contributed by atoms with E-state index in [2.05, 4.69) is 62.5 Å². The first-order valence-corrected chi connectivity index (χ1v) is 32.9. The minimum atomic E-state index is -0.426. The lowest BCUT2D eigenvalue weighted by Crippen LogP contribution is -2.16. The second kappa shape index (κ2) is 32.5. The van der Waals surface area contributed by atoms with E-state index in [1.54, 1.807) is 121 Å². The summed E-state index contributed by atoms with van der Waals surface area (Å²) in [5, 5.41) is 24.0. The van der Waals surface area contributed by atoms with Crippen LogP contribution in [0.25, 0.3) is 0 Å². The molecule has 8 amide bonds. The molecular weight excluding hydrogens is 1400 g/mol. The maximum Gasteiger partial charge on any atom is 0.258 e. The monoisotopic (exact) mass is 1450 g/mol. The van der Waals surface area contributed by atoms with Crippen molar-refractivity contribution in [3.05, 3.63) is 209 Å². The number of halogens is 8. The topological polar surface area (TPSA) is 284 Å². The van der Waals surface area contributed by atoms with Gasteiger partial charge in [-0.1, -0.05) is 145 Å². The molecule has 4 fully saturated rings. The number of anilines is 8. The van der Waals surface area contributed by atoms with E-state index in [0.717, 1.165) is 25.7 Å². The van der Waals surface area contributed by atoms with Crippen LogP contribution in [0, 0.1) is 47.3 Å². The molecule has 4 saturated carbocycles. The zero-order valence-electron chi connectivity index (χ0n) is 51.4. The molecule has 0 spiro atoms. The van der Waals surface area contributed by atoms with E-state index in [4.69, 9.17) is 92.8 Å². The number of benzene rings is 4. The summed E-state index contributed by atoms with van der Waals surface area (Å²) < 4.78 is 0. The molecule has 4 aliphatic carbocycles. The molecule has 0 unspecified atom stereocenters. The average molecular weight is 1460 g/mol. The van der Waals surface area contributed by atoms with Crippen molar-refractivity contribution in [2.45, 2.75) is 53.4 Å². The zero-order valence-corrected chi connectivity index (χ0v) is 57.4. The second-order valence-electron chi connectivity index (χ2n) is 23.2. The maximum absolute atomic E-state index is 12.4. The molecule has 96 heavy (non-hydrogen) atoms. The first-order chi connectivity index (χ1) is 45.8. The van der Waals surface area contributed by atoms with Crippen molar-refractivity contribution in [1.29, 1.82) is 0 Å². The number of hydrogen-bond acceptors (Lipinski definition) is 12. The fourth-order valence-electron chi connectivity index (χ4n) is 9.57. The highest BCUT2D eigenvalue weighted by molar-refractivity contribution is 6.42. The summed E-state index contributed by atoms with van der Waals surface area (Å²) in [6.45, 7) is 8.12. The number of nitrogens with zero attached hydrogens (tertiary/aromatic N) is 4. The van der Waals surface area contributed by atoms with Crippen molar-refractivity contribution >= 4 is 186 Å². The normalized spacial score (nSPS) is 18.8. The third kappa shape index (κ3) is 19.8. The molecule has 8 atom stereocenters. The summed E-state index contributed by atoms with van der Waals surface area (Å²) in [4.78, 5) is 114. The van der Waals surface area contributed by atoms with Gasteiger partial charge in [0.25, 0.3) is 23.6 Å². The van der Waals surface area contributed by atoms with Crippen molar-refractivity contribution in [3.8, 4) is 0 Å². The number of hydrogen-bond donors (Lipinski definition) is 8. The highest BCUT2D eigenvalue weighted by atomic mass is 35.5. The average Bonchev–Trinajstić information content (AvgIpc) is 1.73. The molecule has 4 aromatic carbocycles. The van der Waals surface area contributed by atoms with Gasteiger partial charge in [0.05, 0.1) is 62.4 Å². The Bertz CT molecular complexity index is 3700. The number of amides is 8. The number of carbonyl (C=O) groups excluding carboxylic acids is 8. The fraction of sp³-hybridized carbons (Fsp3) is 0.235. The Morgan fingerprint density at radius 2 is 0.458 bits per heavy atom. The molecule has 4 aromatic heterocycles. The lowest BCUT2D eigenvalue weighted by molar-refractivity contribution is -0.118. The van der Waals surface area contributed by atoms with Crippen molar-refractivity contribution < 1.29 is 38.4 Å². The van der Waals surface area contributed by atoms with Crippen molar-refractivity contribution in [2.24, 2.45) is 47.3 Å². The van der Waals surface area contributed by atoms with Crippen molar-refractivity contribution in [3.63, 3.8) is 0 Å². The summed E-state index contributed by atoms with van der Waals surface area (Å²) in [5.74, 6) is 1.51. The molecule has 8 aromatic rings. The molecular formula is C68H60Cl8N12O8. The molecule has 20 nitrogen and oxygen atoms in total. The molecule has 12 rings (SSSR count). The molecule has 4 aliphatic rings. The van der Waals surface area contributed by atoms with Gasteiger partial charge < -0.3 is 42.5 Å². The largest absolute Gasteiger partial charge is 0.322 e. The molecule has 0 radical (unpaired) electrons. The molecule has 0 bridgehead atoms. The minimum absolute atomic E-state index is 0.0481. The lowest BCUT2D eigenvalue weighted by atomic mass is 10.2. The fourth-order valence-corrected chi connectivity index (χ4v) is 11.8. The molecule has 0 aliphatic heterocycles. The van der Waals surface area contributed by atoms with Gasteiger partial charge in [0.15, 0.2) is 0 Å². The van der Waals surface area contributed by atoms with Crippen LogP contribution in [0.15, 0.2) is 146 Å². The van der Waals surface area contributed by atoms with Crippen LogP contribution in [0.1, 0.15) is 94.8 Å². The van der Waals surface area contributed by atoms with Gasteiger partial charge in [-0.25, -0.2) is 19.9 Å². The van der Waals surface area contributed by atoms with Crippen LogP contribution in [0.3, 0.4) is 0 Å². The van der Waals surface area contributed by atoms with Crippen molar-refractivity contribution in [1.82, 2.24) is 19.9 Å². The quantitative estimate of drug-likeness (QED) is 0.0448. The van der Waals surface area contributed by atoms with Crippen LogP contribution in [-0.4, -0.2) is 67.2 Å². The van der Waals surface area contributed by atoms with Crippen LogP contribution < -0.4 is 42.5 Å². The number of aromatic nitrogens is 4. The Hall–Kier alpha value is -8.44.